The van der Waals surface area contributed by atoms with Crippen LogP contribution in [-0.4, -0.2) is 28.0 Å². The highest BCUT2D eigenvalue weighted by Gasteiger charge is 2.13. The highest BCUT2D eigenvalue weighted by Crippen LogP contribution is 2.13. The van der Waals surface area contributed by atoms with E-state index in [1.54, 1.807) is 10.9 Å². The molecule has 0 aliphatic heterocycles. The fourth-order valence-electron chi connectivity index (χ4n) is 0.966. The summed E-state index contributed by atoms with van der Waals surface area (Å²) in [7, 11) is 0. The Balaban J connectivity index is 2.73. The van der Waals surface area contributed by atoms with E-state index in [-0.39, 0.29) is 11.6 Å². The predicted octanol–water partition coefficient (Wildman–Crippen LogP) is 1.22. The van der Waals surface area contributed by atoms with E-state index in [9.17, 15) is 4.79 Å². The van der Waals surface area contributed by atoms with Crippen molar-refractivity contribution in [1.82, 2.24) is 15.1 Å². The maximum atomic E-state index is 11.4. The molecule has 1 amide bonds. The fourth-order valence-corrected chi connectivity index (χ4v) is 1.31. The normalized spacial score (nSPS) is 10.2. The van der Waals surface area contributed by atoms with Crippen LogP contribution in [0.1, 0.15) is 17.4 Å². The Kier molecular flexibility index (Phi) is 4.28. The maximum Gasteiger partial charge on any atom is 0.273 e. The number of nitrogens with zero attached hydrogens (tertiary/aromatic N) is 2. The van der Waals surface area contributed by atoms with Gasteiger partial charge in [-0.3, -0.25) is 9.48 Å². The van der Waals surface area contributed by atoms with Gasteiger partial charge in [-0.1, -0.05) is 11.6 Å². The van der Waals surface area contributed by atoms with E-state index >= 15 is 0 Å². The number of hydrogen-bond acceptors (Lipinski definition) is 3. The average molecular weight is 234 g/mol. The summed E-state index contributed by atoms with van der Waals surface area (Å²) in [5.41, 5.74) is 0.273. The quantitative estimate of drug-likeness (QED) is 0.769. The van der Waals surface area contributed by atoms with Gasteiger partial charge >= 0.3 is 0 Å². The molecule has 0 saturated carbocycles. The van der Waals surface area contributed by atoms with E-state index in [4.69, 9.17) is 11.6 Å². The Bertz CT molecular complexity index is 326. The molecule has 4 nitrogen and oxygen atoms in total. The number of aryl methyl sites for hydroxylation is 1. The standard InChI is InChI=1S/C8H12ClN3OS/c1-2-12-5-6(9)7(11-12)8(13)10-3-4-14/h5,14H,2-4H2,1H3,(H,10,13). The Morgan fingerprint density at radius 2 is 2.50 bits per heavy atom. The molecule has 1 N–H and O–H groups in total. The molecule has 0 aromatic carbocycles. The molecule has 14 heavy (non-hydrogen) atoms. The van der Waals surface area contributed by atoms with E-state index in [0.29, 0.717) is 23.9 Å². The smallest absolute Gasteiger partial charge is 0.273 e. The number of halogens is 1. The highest BCUT2D eigenvalue weighted by molar-refractivity contribution is 7.80. The molecule has 1 heterocycles. The first kappa shape index (κ1) is 11.4. The third-order valence-electron chi connectivity index (χ3n) is 1.65. The first-order valence-electron chi connectivity index (χ1n) is 4.31. The molecule has 0 unspecified atom stereocenters. The van der Waals surface area contributed by atoms with Crippen molar-refractivity contribution < 1.29 is 4.79 Å². The van der Waals surface area contributed by atoms with E-state index in [0.717, 1.165) is 0 Å². The van der Waals surface area contributed by atoms with E-state index in [1.807, 2.05) is 6.92 Å². The van der Waals surface area contributed by atoms with Crippen LogP contribution in [0.2, 0.25) is 5.02 Å². The van der Waals surface area contributed by atoms with Crippen LogP contribution in [-0.2, 0) is 6.54 Å². The van der Waals surface area contributed by atoms with Crippen LogP contribution in [0, 0.1) is 0 Å². The molecule has 0 atom stereocenters. The molecule has 6 heteroatoms. The third-order valence-corrected chi connectivity index (χ3v) is 2.15. The molecule has 0 saturated heterocycles. The molecule has 1 aromatic heterocycles. The van der Waals surface area contributed by atoms with Gasteiger partial charge in [-0.15, -0.1) is 0 Å². The summed E-state index contributed by atoms with van der Waals surface area (Å²) in [5, 5.41) is 7.06. The molecule has 0 bridgehead atoms. The van der Waals surface area contributed by atoms with Crippen molar-refractivity contribution in [3.8, 4) is 0 Å². The molecule has 0 spiro atoms. The lowest BCUT2D eigenvalue weighted by Gasteiger charge is -1.99. The summed E-state index contributed by atoms with van der Waals surface area (Å²) >= 11 is 9.82. The zero-order valence-corrected chi connectivity index (χ0v) is 9.48. The second kappa shape index (κ2) is 5.26. The maximum absolute atomic E-state index is 11.4. The number of amides is 1. The van der Waals surface area contributed by atoms with Crippen molar-refractivity contribution in [2.45, 2.75) is 13.5 Å². The van der Waals surface area contributed by atoms with Gasteiger partial charge in [0, 0.05) is 25.0 Å². The van der Waals surface area contributed by atoms with Gasteiger partial charge < -0.3 is 5.32 Å². The summed E-state index contributed by atoms with van der Waals surface area (Å²) in [4.78, 5) is 11.4. The van der Waals surface area contributed by atoms with Gasteiger partial charge in [-0.2, -0.15) is 17.7 Å². The minimum Gasteiger partial charge on any atom is -0.350 e. The van der Waals surface area contributed by atoms with Gasteiger partial charge in [0.1, 0.15) is 0 Å². The van der Waals surface area contributed by atoms with Gasteiger partial charge in [0.2, 0.25) is 0 Å². The summed E-state index contributed by atoms with van der Waals surface area (Å²) in [6.07, 6.45) is 1.64. The molecule has 0 aliphatic rings. The molecule has 0 aliphatic carbocycles. The van der Waals surface area contributed by atoms with Crippen LogP contribution >= 0.6 is 24.2 Å². The number of rotatable bonds is 4. The second-order valence-corrected chi connectivity index (χ2v) is 3.52. The molecule has 0 fully saturated rings. The SMILES string of the molecule is CCn1cc(Cl)c(C(=O)NCCS)n1. The van der Waals surface area contributed by atoms with Crippen molar-refractivity contribution in [3.05, 3.63) is 16.9 Å². The zero-order valence-electron chi connectivity index (χ0n) is 7.83. The second-order valence-electron chi connectivity index (χ2n) is 2.66. The van der Waals surface area contributed by atoms with Crippen LogP contribution in [0.3, 0.4) is 0 Å². The van der Waals surface area contributed by atoms with Crippen LogP contribution in [0.15, 0.2) is 6.20 Å². The Hall–Kier alpha value is -0.680. The van der Waals surface area contributed by atoms with Crippen LogP contribution in [0.25, 0.3) is 0 Å². The zero-order chi connectivity index (χ0) is 10.6. The van der Waals surface area contributed by atoms with E-state index in [1.165, 1.54) is 0 Å². The first-order chi connectivity index (χ1) is 6.69. The molecule has 1 aromatic rings. The lowest BCUT2D eigenvalue weighted by molar-refractivity contribution is 0.0950. The van der Waals surface area contributed by atoms with Gasteiger partial charge in [0.15, 0.2) is 5.69 Å². The molecular weight excluding hydrogens is 222 g/mol. The van der Waals surface area contributed by atoms with Crippen molar-refractivity contribution in [2.75, 3.05) is 12.3 Å². The number of carbonyl (C=O) groups is 1. The first-order valence-corrected chi connectivity index (χ1v) is 5.32. The largest absolute Gasteiger partial charge is 0.350 e. The lowest BCUT2D eigenvalue weighted by atomic mass is 10.4. The van der Waals surface area contributed by atoms with Crippen molar-refractivity contribution in [1.29, 1.82) is 0 Å². The predicted molar refractivity (Wildman–Crippen MR) is 59.1 cm³/mol. The van der Waals surface area contributed by atoms with Crippen LogP contribution in [0.5, 0.6) is 0 Å². The monoisotopic (exact) mass is 233 g/mol. The van der Waals surface area contributed by atoms with Crippen molar-refractivity contribution in [3.63, 3.8) is 0 Å². The minimum atomic E-state index is -0.253. The fraction of sp³-hybridized carbons (Fsp3) is 0.500. The number of hydrogen-bond donors (Lipinski definition) is 2. The molecule has 1 rings (SSSR count). The van der Waals surface area contributed by atoms with Crippen LogP contribution < -0.4 is 5.32 Å². The number of carbonyl (C=O) groups excluding carboxylic acids is 1. The van der Waals surface area contributed by atoms with Crippen LogP contribution in [0.4, 0.5) is 0 Å². The Labute approximate surface area is 93.0 Å². The van der Waals surface area contributed by atoms with Crippen molar-refractivity contribution >= 4 is 30.1 Å². The topological polar surface area (TPSA) is 46.9 Å². The van der Waals surface area contributed by atoms with E-state index in [2.05, 4.69) is 23.0 Å². The van der Waals surface area contributed by atoms with Gasteiger partial charge in [0.25, 0.3) is 5.91 Å². The molecule has 0 radical (unpaired) electrons. The highest BCUT2D eigenvalue weighted by atomic mass is 35.5. The third kappa shape index (κ3) is 2.65. The number of aromatic nitrogens is 2. The van der Waals surface area contributed by atoms with Gasteiger partial charge in [0.05, 0.1) is 5.02 Å². The summed E-state index contributed by atoms with van der Waals surface area (Å²) in [6, 6.07) is 0. The summed E-state index contributed by atoms with van der Waals surface area (Å²) < 4.78 is 1.62. The average Bonchev–Trinajstić information content (AvgIpc) is 2.56. The summed E-state index contributed by atoms with van der Waals surface area (Å²) in [5.74, 6) is 0.342. The van der Waals surface area contributed by atoms with Crippen molar-refractivity contribution in [2.24, 2.45) is 0 Å². The Morgan fingerprint density at radius 1 is 1.79 bits per heavy atom. The summed E-state index contributed by atoms with van der Waals surface area (Å²) in [6.45, 7) is 3.13. The van der Waals surface area contributed by atoms with Gasteiger partial charge in [-0.25, -0.2) is 0 Å². The Morgan fingerprint density at radius 3 is 3.00 bits per heavy atom. The lowest BCUT2D eigenvalue weighted by Crippen LogP contribution is -2.26. The number of thiol groups is 1. The van der Waals surface area contributed by atoms with E-state index < -0.39 is 0 Å². The number of nitrogens with one attached hydrogen (secondary N) is 1. The minimum absolute atomic E-state index is 0.253. The van der Waals surface area contributed by atoms with Gasteiger partial charge in [-0.05, 0) is 6.92 Å². The molecular formula is C8H12ClN3OS. The molecule has 78 valence electrons.